The van der Waals surface area contributed by atoms with Crippen LogP contribution < -0.4 is 8.92 Å². The van der Waals surface area contributed by atoms with E-state index in [1.165, 1.54) is 25.7 Å². The monoisotopic (exact) mass is 356 g/mol. The number of hydrogen-bond donors (Lipinski definition) is 0. The Balaban J connectivity index is 2.04. The molecule has 0 radical (unpaired) electrons. The van der Waals surface area contributed by atoms with E-state index in [4.69, 9.17) is 5.10 Å². The zero-order chi connectivity index (χ0) is 15.7. The maximum atomic E-state index is 4.77. The van der Waals surface area contributed by atoms with Crippen LogP contribution in [0, 0.1) is 27.7 Å². The molecule has 0 atom stereocenters. The summed E-state index contributed by atoms with van der Waals surface area (Å²) in [5.41, 5.74) is 6.29. The quantitative estimate of drug-likeness (QED) is 0.661. The molecule has 0 N–H and O–H groups in total. The molecule has 3 rings (SSSR count). The molecule has 0 aliphatic rings. The molecular formula is C19H20N2Se. The summed E-state index contributed by atoms with van der Waals surface area (Å²) in [6, 6.07) is 16.9. The Kier molecular flexibility index (Phi) is 4.19. The Bertz CT molecular complexity index is 784. The Morgan fingerprint density at radius 3 is 2.05 bits per heavy atom. The maximum absolute atomic E-state index is 4.77. The van der Waals surface area contributed by atoms with Crippen molar-refractivity contribution in [3.63, 3.8) is 0 Å². The molecule has 0 saturated heterocycles. The van der Waals surface area contributed by atoms with Gasteiger partial charge in [-0.1, -0.05) is 0 Å². The molecule has 2 aromatic carbocycles. The summed E-state index contributed by atoms with van der Waals surface area (Å²) in [4.78, 5) is 0. The topological polar surface area (TPSA) is 17.8 Å². The average molecular weight is 355 g/mol. The molecule has 0 unspecified atom stereocenters. The van der Waals surface area contributed by atoms with Crippen LogP contribution in [-0.4, -0.2) is 24.7 Å². The van der Waals surface area contributed by atoms with E-state index in [9.17, 15) is 0 Å². The predicted octanol–water partition coefficient (Wildman–Crippen LogP) is 2.76. The fraction of sp³-hybridized carbons (Fsp3) is 0.211. The third kappa shape index (κ3) is 2.75. The van der Waals surface area contributed by atoms with Gasteiger partial charge in [0.2, 0.25) is 0 Å². The third-order valence-electron chi connectivity index (χ3n) is 3.84. The standard InChI is InChI=1S/C19H20N2Se/c1-13-9-8-10-14(2)18(13)22-19-15(3)20-21(16(19)4)17-11-6-5-7-12-17/h5-12H,1-4H3. The van der Waals surface area contributed by atoms with Crippen LogP contribution in [0.2, 0.25) is 0 Å². The van der Waals surface area contributed by atoms with Crippen LogP contribution in [-0.2, 0) is 0 Å². The molecule has 1 heterocycles. The van der Waals surface area contributed by atoms with Crippen LogP contribution in [0.3, 0.4) is 0 Å². The number of para-hydroxylation sites is 1. The summed E-state index contributed by atoms with van der Waals surface area (Å²) in [7, 11) is 0. The Morgan fingerprint density at radius 1 is 0.773 bits per heavy atom. The molecule has 3 heteroatoms. The van der Waals surface area contributed by atoms with Crippen molar-refractivity contribution in [1.82, 2.24) is 9.78 Å². The van der Waals surface area contributed by atoms with Gasteiger partial charge in [0.05, 0.1) is 0 Å². The van der Waals surface area contributed by atoms with Gasteiger partial charge in [-0.05, 0) is 0 Å². The first kappa shape index (κ1) is 15.1. The molecule has 0 fully saturated rings. The molecular weight excluding hydrogens is 335 g/mol. The van der Waals surface area contributed by atoms with Gasteiger partial charge in [0.15, 0.2) is 0 Å². The molecule has 2 nitrogen and oxygen atoms in total. The van der Waals surface area contributed by atoms with E-state index in [-0.39, 0.29) is 15.0 Å². The zero-order valence-electron chi connectivity index (χ0n) is 13.4. The molecule has 3 aromatic rings. The van der Waals surface area contributed by atoms with Crippen LogP contribution in [0.4, 0.5) is 0 Å². The second kappa shape index (κ2) is 6.12. The second-order valence-electron chi connectivity index (χ2n) is 5.57. The Hall–Kier alpha value is -1.83. The van der Waals surface area contributed by atoms with Crippen molar-refractivity contribution in [2.75, 3.05) is 0 Å². The van der Waals surface area contributed by atoms with Crippen LogP contribution in [0.5, 0.6) is 0 Å². The molecule has 0 saturated carbocycles. The SMILES string of the molecule is Cc1cccc(C)c1[Se]c1c(C)nn(-c2ccccc2)c1C. The van der Waals surface area contributed by atoms with E-state index in [0.29, 0.717) is 0 Å². The molecule has 22 heavy (non-hydrogen) atoms. The van der Waals surface area contributed by atoms with Gasteiger partial charge in [0.1, 0.15) is 0 Å². The van der Waals surface area contributed by atoms with E-state index in [0.717, 1.165) is 11.4 Å². The van der Waals surface area contributed by atoms with E-state index in [2.05, 4.69) is 74.8 Å². The van der Waals surface area contributed by atoms with Crippen LogP contribution in [0.25, 0.3) is 5.69 Å². The number of aryl methyl sites for hydroxylation is 3. The summed E-state index contributed by atoms with van der Waals surface area (Å²) in [5, 5.41) is 4.77. The van der Waals surface area contributed by atoms with Crippen molar-refractivity contribution >= 4 is 23.9 Å². The first-order valence-electron chi connectivity index (χ1n) is 7.43. The first-order chi connectivity index (χ1) is 10.6. The Labute approximate surface area is 138 Å². The van der Waals surface area contributed by atoms with Gasteiger partial charge in [0.25, 0.3) is 0 Å². The molecule has 0 amide bonds. The van der Waals surface area contributed by atoms with Crippen LogP contribution in [0.1, 0.15) is 22.5 Å². The van der Waals surface area contributed by atoms with Crippen molar-refractivity contribution in [1.29, 1.82) is 0 Å². The summed E-state index contributed by atoms with van der Waals surface area (Å²) in [5.74, 6) is 0. The molecule has 112 valence electrons. The number of nitrogens with zero attached hydrogens (tertiary/aromatic N) is 2. The number of hydrogen-bond acceptors (Lipinski definition) is 1. The third-order valence-corrected chi connectivity index (χ3v) is 7.29. The van der Waals surface area contributed by atoms with Crippen molar-refractivity contribution in [3.05, 3.63) is 71.0 Å². The van der Waals surface area contributed by atoms with E-state index >= 15 is 0 Å². The minimum absolute atomic E-state index is 0.288. The normalized spacial score (nSPS) is 10.9. The second-order valence-corrected chi connectivity index (χ2v) is 7.71. The summed E-state index contributed by atoms with van der Waals surface area (Å²) in [6.45, 7) is 8.71. The Morgan fingerprint density at radius 2 is 1.41 bits per heavy atom. The van der Waals surface area contributed by atoms with Gasteiger partial charge in [-0.25, -0.2) is 0 Å². The average Bonchev–Trinajstić information content (AvgIpc) is 2.79. The molecule has 0 aliphatic carbocycles. The number of benzene rings is 2. The van der Waals surface area contributed by atoms with Gasteiger partial charge in [-0.2, -0.15) is 0 Å². The number of aromatic nitrogens is 2. The van der Waals surface area contributed by atoms with Crippen molar-refractivity contribution in [3.8, 4) is 5.69 Å². The van der Waals surface area contributed by atoms with Gasteiger partial charge in [-0.3, -0.25) is 0 Å². The van der Waals surface area contributed by atoms with Crippen LogP contribution in [0.15, 0.2) is 48.5 Å². The molecule has 0 bridgehead atoms. The van der Waals surface area contributed by atoms with E-state index in [1.807, 2.05) is 6.07 Å². The van der Waals surface area contributed by atoms with Crippen LogP contribution >= 0.6 is 0 Å². The van der Waals surface area contributed by atoms with Gasteiger partial charge < -0.3 is 0 Å². The minimum atomic E-state index is 0.288. The fourth-order valence-corrected chi connectivity index (χ4v) is 4.94. The first-order valence-corrected chi connectivity index (χ1v) is 9.15. The zero-order valence-corrected chi connectivity index (χ0v) is 15.1. The van der Waals surface area contributed by atoms with Gasteiger partial charge in [-0.15, -0.1) is 0 Å². The van der Waals surface area contributed by atoms with E-state index < -0.39 is 0 Å². The molecule has 0 aliphatic heterocycles. The van der Waals surface area contributed by atoms with Crippen molar-refractivity contribution < 1.29 is 0 Å². The number of rotatable bonds is 3. The molecule has 0 spiro atoms. The summed E-state index contributed by atoms with van der Waals surface area (Å²) >= 11 is 0.288. The van der Waals surface area contributed by atoms with Gasteiger partial charge in [0, 0.05) is 0 Å². The summed E-state index contributed by atoms with van der Waals surface area (Å²) in [6.07, 6.45) is 0. The fourth-order valence-electron chi connectivity index (χ4n) is 2.66. The van der Waals surface area contributed by atoms with Crippen molar-refractivity contribution in [2.24, 2.45) is 0 Å². The predicted molar refractivity (Wildman–Crippen MR) is 94.0 cm³/mol. The van der Waals surface area contributed by atoms with E-state index in [1.54, 1.807) is 0 Å². The molecule has 1 aromatic heterocycles. The summed E-state index contributed by atoms with van der Waals surface area (Å²) < 4.78 is 4.95. The van der Waals surface area contributed by atoms with Gasteiger partial charge >= 0.3 is 138 Å². The van der Waals surface area contributed by atoms with Crippen molar-refractivity contribution in [2.45, 2.75) is 27.7 Å².